The largest absolute Gasteiger partial charge is 0.342 e. The average molecular weight is 351 g/mol. The molecule has 0 bridgehead atoms. The van der Waals surface area contributed by atoms with Gasteiger partial charge in [-0.2, -0.15) is 0 Å². The molecule has 2 amide bonds. The van der Waals surface area contributed by atoms with Crippen LogP contribution in [0.25, 0.3) is 0 Å². The van der Waals surface area contributed by atoms with E-state index >= 15 is 0 Å². The molecule has 3 rings (SSSR count). The fourth-order valence-corrected chi connectivity index (χ4v) is 4.96. The van der Waals surface area contributed by atoms with Crippen molar-refractivity contribution in [3.05, 3.63) is 0 Å². The lowest BCUT2D eigenvalue weighted by atomic mass is 9.67. The van der Waals surface area contributed by atoms with Gasteiger partial charge in [0, 0.05) is 45.8 Å². The third-order valence-corrected chi connectivity index (χ3v) is 6.60. The van der Waals surface area contributed by atoms with Crippen LogP contribution in [0, 0.1) is 11.3 Å². The number of fused-ring (bicyclic) bond motifs is 1. The first-order valence-corrected chi connectivity index (χ1v) is 10.1. The highest BCUT2D eigenvalue weighted by atomic mass is 16.2. The predicted molar refractivity (Wildman–Crippen MR) is 98.2 cm³/mol. The number of carbonyl (C=O) groups excluding carboxylic acids is 2. The first-order chi connectivity index (χ1) is 12.1. The monoisotopic (exact) mass is 350 g/mol. The van der Waals surface area contributed by atoms with Gasteiger partial charge in [0.25, 0.3) is 0 Å². The standard InChI is InChI=1S/C19H34N4O2/c1-3-22(4-2)17(24)14-21-9-11-23(12-10-21)18(25)19-8-6-5-7-16(19)13-20-15-19/h16,20H,3-15H2,1-2H3/t16-,19+/m0/s1. The van der Waals surface area contributed by atoms with Crippen molar-refractivity contribution in [2.45, 2.75) is 39.5 Å². The van der Waals surface area contributed by atoms with Crippen molar-refractivity contribution in [2.75, 3.05) is 58.9 Å². The molecule has 0 aromatic rings. The van der Waals surface area contributed by atoms with Gasteiger partial charge in [-0.3, -0.25) is 14.5 Å². The van der Waals surface area contributed by atoms with E-state index in [-0.39, 0.29) is 11.3 Å². The van der Waals surface area contributed by atoms with Crippen LogP contribution in [0.2, 0.25) is 0 Å². The van der Waals surface area contributed by atoms with Gasteiger partial charge < -0.3 is 15.1 Å². The molecule has 0 aromatic carbocycles. The second kappa shape index (κ2) is 8.04. The first-order valence-electron chi connectivity index (χ1n) is 10.1. The summed E-state index contributed by atoms with van der Waals surface area (Å²) < 4.78 is 0. The molecule has 3 fully saturated rings. The lowest BCUT2D eigenvalue weighted by molar-refractivity contribution is -0.147. The van der Waals surface area contributed by atoms with Crippen LogP contribution < -0.4 is 5.32 Å². The first kappa shape index (κ1) is 18.6. The number of amides is 2. The second-order valence-electron chi connectivity index (χ2n) is 7.86. The number of hydrogen-bond acceptors (Lipinski definition) is 4. The zero-order chi connectivity index (χ0) is 17.9. The highest BCUT2D eigenvalue weighted by molar-refractivity contribution is 5.84. The van der Waals surface area contributed by atoms with Crippen LogP contribution in [-0.4, -0.2) is 85.4 Å². The van der Waals surface area contributed by atoms with Gasteiger partial charge in [0.15, 0.2) is 0 Å². The molecule has 0 spiro atoms. The van der Waals surface area contributed by atoms with Gasteiger partial charge in [-0.25, -0.2) is 0 Å². The van der Waals surface area contributed by atoms with E-state index in [1.165, 1.54) is 19.3 Å². The van der Waals surface area contributed by atoms with Crippen molar-refractivity contribution in [1.82, 2.24) is 20.0 Å². The maximum Gasteiger partial charge on any atom is 0.236 e. The summed E-state index contributed by atoms with van der Waals surface area (Å²) in [6, 6.07) is 0. The van der Waals surface area contributed by atoms with E-state index in [2.05, 4.69) is 15.1 Å². The average Bonchev–Trinajstić information content (AvgIpc) is 3.08. The maximum atomic E-state index is 13.3. The van der Waals surface area contributed by atoms with Crippen molar-refractivity contribution >= 4 is 11.8 Å². The molecule has 1 saturated carbocycles. The Hall–Kier alpha value is -1.14. The SMILES string of the molecule is CCN(CC)C(=O)CN1CCN(C(=O)[C@@]23CCCC[C@H]2CNC3)CC1. The minimum absolute atomic E-state index is 0.141. The molecular formula is C19H34N4O2. The van der Waals surface area contributed by atoms with Crippen molar-refractivity contribution in [3.63, 3.8) is 0 Å². The Balaban J connectivity index is 1.53. The third kappa shape index (κ3) is 3.70. The smallest absolute Gasteiger partial charge is 0.236 e. The number of hydrogen-bond donors (Lipinski definition) is 1. The normalized spacial score (nSPS) is 30.2. The molecule has 3 aliphatic rings. The van der Waals surface area contributed by atoms with Crippen LogP contribution in [-0.2, 0) is 9.59 Å². The number of carbonyl (C=O) groups is 2. The summed E-state index contributed by atoms with van der Waals surface area (Å²) in [6.45, 7) is 11.1. The van der Waals surface area contributed by atoms with Crippen LogP contribution in [0.4, 0.5) is 0 Å². The van der Waals surface area contributed by atoms with Gasteiger partial charge in [-0.05, 0) is 39.2 Å². The summed E-state index contributed by atoms with van der Waals surface area (Å²) in [6.07, 6.45) is 4.69. The van der Waals surface area contributed by atoms with Gasteiger partial charge in [0.05, 0.1) is 12.0 Å². The third-order valence-electron chi connectivity index (χ3n) is 6.60. The Labute approximate surface area is 151 Å². The summed E-state index contributed by atoms with van der Waals surface area (Å²) in [5.41, 5.74) is -0.141. The van der Waals surface area contributed by atoms with E-state index in [0.29, 0.717) is 18.4 Å². The van der Waals surface area contributed by atoms with Crippen molar-refractivity contribution in [1.29, 1.82) is 0 Å². The number of nitrogens with zero attached hydrogens (tertiary/aromatic N) is 3. The van der Waals surface area contributed by atoms with Gasteiger partial charge in [-0.15, -0.1) is 0 Å². The van der Waals surface area contributed by atoms with Crippen LogP contribution >= 0.6 is 0 Å². The second-order valence-corrected chi connectivity index (χ2v) is 7.86. The van der Waals surface area contributed by atoms with Gasteiger partial charge in [-0.1, -0.05) is 12.8 Å². The molecule has 2 saturated heterocycles. The Kier molecular flexibility index (Phi) is 6.00. The quantitative estimate of drug-likeness (QED) is 0.796. The molecule has 0 unspecified atom stereocenters. The fourth-order valence-electron chi connectivity index (χ4n) is 4.96. The highest BCUT2D eigenvalue weighted by Crippen LogP contribution is 2.45. The lowest BCUT2D eigenvalue weighted by Crippen LogP contribution is -2.56. The molecular weight excluding hydrogens is 316 g/mol. The van der Waals surface area contributed by atoms with Crippen LogP contribution in [0.3, 0.4) is 0 Å². The molecule has 2 heterocycles. The van der Waals surface area contributed by atoms with Crippen LogP contribution in [0.5, 0.6) is 0 Å². The number of piperazine rings is 1. The molecule has 6 heteroatoms. The Morgan fingerprint density at radius 1 is 1.12 bits per heavy atom. The Morgan fingerprint density at radius 3 is 2.52 bits per heavy atom. The molecule has 1 aliphatic carbocycles. The zero-order valence-corrected chi connectivity index (χ0v) is 15.9. The van der Waals surface area contributed by atoms with Gasteiger partial charge in [0.2, 0.25) is 11.8 Å². The summed E-state index contributed by atoms with van der Waals surface area (Å²) in [7, 11) is 0. The summed E-state index contributed by atoms with van der Waals surface area (Å²) in [5.74, 6) is 1.10. The molecule has 2 atom stereocenters. The maximum absolute atomic E-state index is 13.3. The molecule has 2 aliphatic heterocycles. The summed E-state index contributed by atoms with van der Waals surface area (Å²) >= 11 is 0. The van der Waals surface area contributed by atoms with Crippen molar-refractivity contribution in [3.8, 4) is 0 Å². The van der Waals surface area contributed by atoms with E-state index in [9.17, 15) is 9.59 Å². The Morgan fingerprint density at radius 2 is 1.84 bits per heavy atom. The van der Waals surface area contributed by atoms with E-state index in [0.717, 1.165) is 58.8 Å². The minimum atomic E-state index is -0.141. The van der Waals surface area contributed by atoms with Gasteiger partial charge in [0.1, 0.15) is 0 Å². The molecule has 1 N–H and O–H groups in total. The van der Waals surface area contributed by atoms with Crippen LogP contribution in [0.15, 0.2) is 0 Å². The molecule has 6 nitrogen and oxygen atoms in total. The minimum Gasteiger partial charge on any atom is -0.342 e. The fraction of sp³-hybridized carbons (Fsp3) is 0.895. The zero-order valence-electron chi connectivity index (χ0n) is 15.9. The molecule has 142 valence electrons. The summed E-state index contributed by atoms with van der Waals surface area (Å²) in [5, 5.41) is 3.48. The van der Waals surface area contributed by atoms with Crippen LogP contribution in [0.1, 0.15) is 39.5 Å². The van der Waals surface area contributed by atoms with E-state index in [4.69, 9.17) is 0 Å². The highest BCUT2D eigenvalue weighted by Gasteiger charge is 2.51. The number of rotatable bonds is 5. The molecule has 25 heavy (non-hydrogen) atoms. The van der Waals surface area contributed by atoms with Gasteiger partial charge >= 0.3 is 0 Å². The topological polar surface area (TPSA) is 55.9 Å². The van der Waals surface area contributed by atoms with Crippen molar-refractivity contribution in [2.24, 2.45) is 11.3 Å². The number of likely N-dealkylation sites (N-methyl/N-ethyl adjacent to an activating group) is 1. The number of nitrogens with one attached hydrogen (secondary N) is 1. The molecule has 0 aromatic heterocycles. The van der Waals surface area contributed by atoms with Crippen molar-refractivity contribution < 1.29 is 9.59 Å². The summed E-state index contributed by atoms with van der Waals surface area (Å²) in [4.78, 5) is 31.7. The molecule has 0 radical (unpaired) electrons. The predicted octanol–water partition coefficient (Wildman–Crippen LogP) is 0.779. The Bertz CT molecular complexity index is 486. The lowest BCUT2D eigenvalue weighted by Gasteiger charge is -2.43. The van der Waals surface area contributed by atoms with E-state index in [1.54, 1.807) is 0 Å². The van der Waals surface area contributed by atoms with E-state index < -0.39 is 0 Å². The van der Waals surface area contributed by atoms with E-state index in [1.807, 2.05) is 18.7 Å².